The Labute approximate surface area is 144 Å². The molecule has 0 unspecified atom stereocenters. The number of esters is 1. The van der Waals surface area contributed by atoms with Crippen molar-refractivity contribution in [1.82, 2.24) is 10.2 Å². The van der Waals surface area contributed by atoms with Crippen LogP contribution in [0.5, 0.6) is 0 Å². The molecule has 0 bridgehead atoms. The third kappa shape index (κ3) is 3.83. The van der Waals surface area contributed by atoms with Gasteiger partial charge in [0.1, 0.15) is 0 Å². The van der Waals surface area contributed by atoms with E-state index in [0.29, 0.717) is 22.4 Å². The van der Waals surface area contributed by atoms with E-state index in [4.69, 9.17) is 9.15 Å². The number of hydrogen-bond donors (Lipinski definition) is 0. The van der Waals surface area contributed by atoms with Crippen molar-refractivity contribution < 1.29 is 13.9 Å². The van der Waals surface area contributed by atoms with Crippen LogP contribution >= 0.6 is 11.8 Å². The van der Waals surface area contributed by atoms with Crippen molar-refractivity contribution in [3.8, 4) is 11.5 Å². The highest BCUT2D eigenvalue weighted by molar-refractivity contribution is 7.98. The Morgan fingerprint density at radius 1 is 1.17 bits per heavy atom. The number of nitrogens with zero attached hydrogens (tertiary/aromatic N) is 2. The van der Waals surface area contributed by atoms with Gasteiger partial charge in [-0.3, -0.25) is 0 Å². The van der Waals surface area contributed by atoms with Gasteiger partial charge in [-0.15, -0.1) is 10.2 Å². The van der Waals surface area contributed by atoms with E-state index in [9.17, 15) is 4.79 Å². The highest BCUT2D eigenvalue weighted by atomic mass is 32.2. The maximum Gasteiger partial charge on any atom is 0.337 e. The molecule has 0 spiro atoms. The Balaban J connectivity index is 1.69. The molecule has 3 rings (SSSR count). The Hall–Kier alpha value is -2.60. The van der Waals surface area contributed by atoms with E-state index in [1.165, 1.54) is 18.9 Å². The highest BCUT2D eigenvalue weighted by Gasteiger charge is 2.10. The van der Waals surface area contributed by atoms with Gasteiger partial charge in [0.15, 0.2) is 0 Å². The average Bonchev–Trinajstić information content (AvgIpc) is 3.08. The van der Waals surface area contributed by atoms with Crippen molar-refractivity contribution in [3.05, 3.63) is 65.2 Å². The predicted molar refractivity (Wildman–Crippen MR) is 91.8 cm³/mol. The Bertz CT molecular complexity index is 861. The molecule has 0 aliphatic rings. The van der Waals surface area contributed by atoms with Gasteiger partial charge in [-0.25, -0.2) is 4.79 Å². The smallest absolute Gasteiger partial charge is 0.337 e. The van der Waals surface area contributed by atoms with E-state index in [1.54, 1.807) is 12.1 Å². The van der Waals surface area contributed by atoms with E-state index < -0.39 is 0 Å². The molecule has 0 N–H and O–H groups in total. The molecule has 1 aromatic heterocycles. The first-order valence-electron chi connectivity index (χ1n) is 7.36. The molecule has 0 aliphatic heterocycles. The van der Waals surface area contributed by atoms with Crippen LogP contribution in [0.2, 0.25) is 0 Å². The van der Waals surface area contributed by atoms with Gasteiger partial charge >= 0.3 is 5.97 Å². The van der Waals surface area contributed by atoms with E-state index in [1.807, 2.05) is 43.3 Å². The molecular weight excluding hydrogens is 324 g/mol. The summed E-state index contributed by atoms with van der Waals surface area (Å²) in [6.45, 7) is 2.02. The van der Waals surface area contributed by atoms with Gasteiger partial charge in [-0.05, 0) is 36.8 Å². The molecule has 0 saturated heterocycles. The second-order valence-electron chi connectivity index (χ2n) is 5.22. The number of carbonyl (C=O) groups excluding carboxylic acids is 1. The lowest BCUT2D eigenvalue weighted by Crippen LogP contribution is -2.01. The van der Waals surface area contributed by atoms with Crippen LogP contribution in [0.3, 0.4) is 0 Å². The summed E-state index contributed by atoms with van der Waals surface area (Å²) in [4.78, 5) is 11.6. The van der Waals surface area contributed by atoms with Crippen molar-refractivity contribution in [2.75, 3.05) is 7.11 Å². The summed E-state index contributed by atoms with van der Waals surface area (Å²) in [6, 6.07) is 15.2. The molecule has 122 valence electrons. The summed E-state index contributed by atoms with van der Waals surface area (Å²) < 4.78 is 10.4. The number of thioether (sulfide) groups is 1. The number of carbonyl (C=O) groups is 1. The third-order valence-electron chi connectivity index (χ3n) is 3.38. The van der Waals surface area contributed by atoms with E-state index in [-0.39, 0.29) is 5.97 Å². The number of methoxy groups -OCH3 is 1. The highest BCUT2D eigenvalue weighted by Crippen LogP contribution is 2.26. The van der Waals surface area contributed by atoms with Crippen LogP contribution in [0.25, 0.3) is 11.5 Å². The zero-order valence-electron chi connectivity index (χ0n) is 13.4. The van der Waals surface area contributed by atoms with Crippen LogP contribution in [-0.4, -0.2) is 23.3 Å². The monoisotopic (exact) mass is 340 g/mol. The van der Waals surface area contributed by atoms with Gasteiger partial charge in [0.2, 0.25) is 5.89 Å². The summed E-state index contributed by atoms with van der Waals surface area (Å²) in [5.41, 5.74) is 3.56. The van der Waals surface area contributed by atoms with Crippen molar-refractivity contribution in [2.24, 2.45) is 0 Å². The van der Waals surface area contributed by atoms with Crippen LogP contribution in [0.1, 0.15) is 21.5 Å². The number of ether oxygens (including phenoxy) is 1. The molecular formula is C18H16N2O3S. The molecule has 24 heavy (non-hydrogen) atoms. The molecule has 0 saturated carbocycles. The average molecular weight is 340 g/mol. The fourth-order valence-corrected chi connectivity index (χ4v) is 2.92. The number of hydrogen-bond acceptors (Lipinski definition) is 6. The normalized spacial score (nSPS) is 10.6. The summed E-state index contributed by atoms with van der Waals surface area (Å²) >= 11 is 1.43. The fourth-order valence-electron chi connectivity index (χ4n) is 2.21. The maximum atomic E-state index is 11.6. The van der Waals surface area contributed by atoms with Gasteiger partial charge in [-0.2, -0.15) is 0 Å². The minimum Gasteiger partial charge on any atom is -0.465 e. The fraction of sp³-hybridized carbons (Fsp3) is 0.167. The number of benzene rings is 2. The van der Waals surface area contributed by atoms with Crippen molar-refractivity contribution in [1.29, 1.82) is 0 Å². The molecule has 1 heterocycles. The Kier molecular flexibility index (Phi) is 4.96. The van der Waals surface area contributed by atoms with Gasteiger partial charge in [0.25, 0.3) is 5.22 Å². The van der Waals surface area contributed by atoms with Crippen molar-refractivity contribution in [3.63, 3.8) is 0 Å². The lowest BCUT2D eigenvalue weighted by molar-refractivity contribution is 0.0600. The molecule has 0 atom stereocenters. The second-order valence-corrected chi connectivity index (χ2v) is 6.15. The van der Waals surface area contributed by atoms with Crippen molar-refractivity contribution in [2.45, 2.75) is 17.9 Å². The molecule has 0 amide bonds. The second kappa shape index (κ2) is 7.31. The van der Waals surface area contributed by atoms with Gasteiger partial charge in [0, 0.05) is 11.3 Å². The molecule has 0 radical (unpaired) electrons. The predicted octanol–water partition coefficient (Wildman–Crippen LogP) is 4.12. The minimum atomic E-state index is -0.346. The molecule has 0 aliphatic carbocycles. The zero-order chi connectivity index (χ0) is 16.9. The number of aryl methyl sites for hydroxylation is 1. The molecule has 6 heteroatoms. The lowest BCUT2D eigenvalue weighted by Gasteiger charge is -2.02. The van der Waals surface area contributed by atoms with Gasteiger partial charge in [-0.1, -0.05) is 41.6 Å². The largest absolute Gasteiger partial charge is 0.465 e. The quantitative estimate of drug-likeness (QED) is 0.514. The summed E-state index contributed by atoms with van der Waals surface area (Å²) in [7, 11) is 1.37. The van der Waals surface area contributed by atoms with Crippen molar-refractivity contribution >= 4 is 17.7 Å². The van der Waals surface area contributed by atoms with Crippen LogP contribution in [0.15, 0.2) is 58.2 Å². The van der Waals surface area contributed by atoms with E-state index in [2.05, 4.69) is 10.2 Å². The Morgan fingerprint density at radius 3 is 2.79 bits per heavy atom. The molecule has 0 fully saturated rings. The first-order valence-corrected chi connectivity index (χ1v) is 8.35. The maximum absolute atomic E-state index is 11.6. The first kappa shape index (κ1) is 16.3. The lowest BCUT2D eigenvalue weighted by atomic mass is 10.1. The molecule has 3 aromatic rings. The van der Waals surface area contributed by atoms with E-state index >= 15 is 0 Å². The first-order chi connectivity index (χ1) is 11.7. The van der Waals surface area contributed by atoms with E-state index in [0.717, 1.165) is 16.7 Å². The summed E-state index contributed by atoms with van der Waals surface area (Å²) in [6.07, 6.45) is 0. The standard InChI is InChI=1S/C18H16N2O3S/c1-12-5-3-7-14(9-12)16-19-20-18(23-16)24-11-13-6-4-8-15(10-13)17(21)22-2/h3-10H,11H2,1-2H3. The van der Waals surface area contributed by atoms with Crippen LogP contribution in [-0.2, 0) is 10.5 Å². The van der Waals surface area contributed by atoms with Crippen LogP contribution in [0.4, 0.5) is 0 Å². The topological polar surface area (TPSA) is 65.2 Å². The zero-order valence-corrected chi connectivity index (χ0v) is 14.2. The Morgan fingerprint density at radius 2 is 2.00 bits per heavy atom. The molecule has 2 aromatic carbocycles. The van der Waals surface area contributed by atoms with Crippen LogP contribution in [0, 0.1) is 6.92 Å². The summed E-state index contributed by atoms with van der Waals surface area (Å²) in [5.74, 6) is 0.784. The third-order valence-corrected chi connectivity index (χ3v) is 4.27. The number of aromatic nitrogens is 2. The van der Waals surface area contributed by atoms with Crippen LogP contribution < -0.4 is 0 Å². The SMILES string of the molecule is COC(=O)c1cccc(CSc2nnc(-c3cccc(C)c3)o2)c1. The van der Waals surface area contributed by atoms with Gasteiger partial charge in [0.05, 0.1) is 12.7 Å². The molecule has 5 nitrogen and oxygen atoms in total. The minimum absolute atomic E-state index is 0.346. The van der Waals surface area contributed by atoms with Gasteiger partial charge < -0.3 is 9.15 Å². The number of rotatable bonds is 5. The summed E-state index contributed by atoms with van der Waals surface area (Å²) in [5, 5.41) is 8.65.